The quantitative estimate of drug-likeness (QED) is 0.739. The number of hydrogen-bond acceptors (Lipinski definition) is 3. The number of rotatable bonds is 5. The Kier molecular flexibility index (Phi) is 5.74. The summed E-state index contributed by atoms with van der Waals surface area (Å²) in [4.78, 5) is 20.8. The highest BCUT2D eigenvalue weighted by molar-refractivity contribution is 6.41. The van der Waals surface area contributed by atoms with Crippen LogP contribution in [0.15, 0.2) is 58.5 Å². The van der Waals surface area contributed by atoms with Gasteiger partial charge in [0.15, 0.2) is 0 Å². The number of carbonyl (C=O) groups is 1. The monoisotopic (exact) mass is 370 g/mol. The molecule has 6 heteroatoms. The molecule has 140 valence electrons. The summed E-state index contributed by atoms with van der Waals surface area (Å²) in [6.07, 6.45) is 0.700. The average molecular weight is 370 g/mol. The summed E-state index contributed by atoms with van der Waals surface area (Å²) < 4.78 is 33.3. The van der Waals surface area contributed by atoms with Crippen molar-refractivity contribution in [3.05, 3.63) is 71.3 Å². The van der Waals surface area contributed by atoms with Crippen LogP contribution in [0.2, 0.25) is 0 Å². The minimum absolute atomic E-state index is 0.0911. The van der Waals surface area contributed by atoms with Gasteiger partial charge in [-0.2, -0.15) is 0 Å². The largest absolute Gasteiger partial charge is 0.474 e. The second-order valence-corrected chi connectivity index (χ2v) is 6.64. The smallest absolute Gasteiger partial charge is 0.283 e. The van der Waals surface area contributed by atoms with E-state index in [9.17, 15) is 13.6 Å². The Morgan fingerprint density at radius 1 is 1.15 bits per heavy atom. The maximum atomic E-state index is 13.8. The molecule has 1 aliphatic heterocycles. The number of benzene rings is 2. The Bertz CT molecular complexity index is 872. The molecule has 27 heavy (non-hydrogen) atoms. The fraction of sp³-hybridized carbons (Fsp3) is 0.286. The molecule has 3 rings (SSSR count). The molecule has 2 aromatic carbocycles. The lowest BCUT2D eigenvalue weighted by Crippen LogP contribution is -2.22. The van der Waals surface area contributed by atoms with Gasteiger partial charge in [-0.25, -0.2) is 18.8 Å². The van der Waals surface area contributed by atoms with E-state index >= 15 is 0 Å². The van der Waals surface area contributed by atoms with Crippen molar-refractivity contribution in [2.24, 2.45) is 15.9 Å². The molecular weight excluding hydrogens is 350 g/mol. The van der Waals surface area contributed by atoms with Crippen LogP contribution in [0.5, 0.6) is 0 Å². The summed E-state index contributed by atoms with van der Waals surface area (Å²) in [6.45, 7) is 4.01. The van der Waals surface area contributed by atoms with Crippen LogP contribution < -0.4 is 0 Å². The highest BCUT2D eigenvalue weighted by Crippen LogP contribution is 2.17. The Hall–Kier alpha value is -2.89. The van der Waals surface area contributed by atoms with E-state index in [4.69, 9.17) is 4.74 Å². The topological polar surface area (TPSA) is 51.0 Å². The summed E-state index contributed by atoms with van der Waals surface area (Å²) in [5, 5.41) is 0. The van der Waals surface area contributed by atoms with Gasteiger partial charge < -0.3 is 4.74 Å². The van der Waals surface area contributed by atoms with Crippen LogP contribution in [0.3, 0.4) is 0 Å². The molecular formula is C21H20F2N2O2. The van der Waals surface area contributed by atoms with Crippen LogP contribution in [0.25, 0.3) is 0 Å². The third-order valence-corrected chi connectivity index (χ3v) is 4.19. The van der Waals surface area contributed by atoms with Crippen LogP contribution in [0.4, 0.5) is 8.78 Å². The first-order valence-corrected chi connectivity index (χ1v) is 8.77. The molecule has 0 unspecified atom stereocenters. The van der Waals surface area contributed by atoms with Crippen molar-refractivity contribution < 1.29 is 18.3 Å². The zero-order valence-electron chi connectivity index (χ0n) is 15.2. The third kappa shape index (κ3) is 4.45. The lowest BCUT2D eigenvalue weighted by atomic mass is 10.1. The van der Waals surface area contributed by atoms with E-state index in [2.05, 4.69) is 9.98 Å². The summed E-state index contributed by atoms with van der Waals surface area (Å²) in [7, 11) is 0. The van der Waals surface area contributed by atoms with Crippen LogP contribution >= 0.6 is 0 Å². The lowest BCUT2D eigenvalue weighted by molar-refractivity contribution is 0.0994. The number of hydrogen-bond donors (Lipinski definition) is 0. The van der Waals surface area contributed by atoms with E-state index in [0.29, 0.717) is 18.7 Å². The van der Waals surface area contributed by atoms with Gasteiger partial charge in [-0.3, -0.25) is 4.79 Å². The van der Waals surface area contributed by atoms with Crippen molar-refractivity contribution in [1.82, 2.24) is 0 Å². The minimum atomic E-state index is -0.980. The SMILES string of the molecule is CC(C)/C(=N\C(=O)c1c(F)cccc1F)C1=N[C@@H](Cc2ccccc2)CO1. The zero-order valence-corrected chi connectivity index (χ0v) is 15.2. The molecule has 0 N–H and O–H groups in total. The molecule has 0 aromatic heterocycles. The molecule has 0 bridgehead atoms. The van der Waals surface area contributed by atoms with Crippen LogP contribution in [-0.4, -0.2) is 30.2 Å². The van der Waals surface area contributed by atoms with Crippen molar-refractivity contribution in [2.75, 3.05) is 6.61 Å². The molecule has 0 spiro atoms. The van der Waals surface area contributed by atoms with Crippen LogP contribution in [0, 0.1) is 17.6 Å². The Labute approximate surface area is 156 Å². The molecule has 1 atom stereocenters. The van der Waals surface area contributed by atoms with Crippen molar-refractivity contribution in [1.29, 1.82) is 0 Å². The summed E-state index contributed by atoms with van der Waals surface area (Å²) in [5.74, 6) is -2.80. The second kappa shape index (κ2) is 8.20. The predicted molar refractivity (Wildman–Crippen MR) is 100 cm³/mol. The standard InChI is InChI=1S/C21H20F2N2O2/c1-13(2)19(25-20(26)18-16(22)9-6-10-17(18)23)21-24-15(12-27-21)11-14-7-4-3-5-8-14/h3-10,13,15H,11-12H2,1-2H3/b25-19+/t15-/m0/s1. The first kappa shape index (κ1) is 18.9. The summed E-state index contributed by atoms with van der Waals surface area (Å²) in [6, 6.07) is 13.0. The molecule has 0 fully saturated rings. The van der Waals surface area contributed by atoms with Gasteiger partial charge in [-0.1, -0.05) is 50.2 Å². The number of ether oxygens (including phenoxy) is 1. The number of amides is 1. The van der Waals surface area contributed by atoms with Gasteiger partial charge in [0, 0.05) is 5.92 Å². The summed E-state index contributed by atoms with van der Waals surface area (Å²) in [5.41, 5.74) is 0.747. The number of carbonyl (C=O) groups excluding carboxylic acids is 1. The van der Waals surface area contributed by atoms with E-state index in [-0.39, 0.29) is 17.9 Å². The van der Waals surface area contributed by atoms with Crippen molar-refractivity contribution >= 4 is 17.5 Å². The molecule has 0 radical (unpaired) electrons. The van der Waals surface area contributed by atoms with Gasteiger partial charge in [-0.05, 0) is 24.1 Å². The maximum absolute atomic E-state index is 13.8. The lowest BCUT2D eigenvalue weighted by Gasteiger charge is -2.09. The van der Waals surface area contributed by atoms with Crippen molar-refractivity contribution in [3.63, 3.8) is 0 Å². The third-order valence-electron chi connectivity index (χ3n) is 4.19. The first-order chi connectivity index (χ1) is 13.0. The Morgan fingerprint density at radius 2 is 1.81 bits per heavy atom. The minimum Gasteiger partial charge on any atom is -0.474 e. The van der Waals surface area contributed by atoms with Crippen LogP contribution in [0.1, 0.15) is 29.8 Å². The van der Waals surface area contributed by atoms with Crippen molar-refractivity contribution in [2.45, 2.75) is 26.3 Å². The second-order valence-electron chi connectivity index (χ2n) is 6.64. The van der Waals surface area contributed by atoms with Crippen molar-refractivity contribution in [3.8, 4) is 0 Å². The first-order valence-electron chi connectivity index (χ1n) is 8.77. The molecule has 1 amide bonds. The van der Waals surface area contributed by atoms with E-state index in [0.717, 1.165) is 17.7 Å². The molecule has 1 heterocycles. The maximum Gasteiger partial charge on any atom is 0.283 e. The normalized spacial score (nSPS) is 17.0. The molecule has 4 nitrogen and oxygen atoms in total. The van der Waals surface area contributed by atoms with Gasteiger partial charge in [0.25, 0.3) is 5.91 Å². The number of aliphatic imine (C=N–C) groups is 2. The Morgan fingerprint density at radius 3 is 2.44 bits per heavy atom. The Balaban J connectivity index is 1.84. The zero-order chi connectivity index (χ0) is 19.4. The number of halogens is 2. The van der Waals surface area contributed by atoms with Gasteiger partial charge in [0.05, 0.1) is 6.04 Å². The number of nitrogens with zero attached hydrogens (tertiary/aromatic N) is 2. The van der Waals surface area contributed by atoms with E-state index in [1.807, 2.05) is 44.2 Å². The molecule has 2 aromatic rings. The molecule has 0 saturated heterocycles. The van der Waals surface area contributed by atoms with E-state index in [1.54, 1.807) is 0 Å². The van der Waals surface area contributed by atoms with Gasteiger partial charge >= 0.3 is 0 Å². The van der Waals surface area contributed by atoms with Gasteiger partial charge in [0.1, 0.15) is 29.5 Å². The highest BCUT2D eigenvalue weighted by atomic mass is 19.1. The highest BCUT2D eigenvalue weighted by Gasteiger charge is 2.27. The van der Waals surface area contributed by atoms with Crippen LogP contribution in [-0.2, 0) is 11.2 Å². The fourth-order valence-electron chi connectivity index (χ4n) is 2.84. The van der Waals surface area contributed by atoms with Gasteiger partial charge in [-0.15, -0.1) is 0 Å². The average Bonchev–Trinajstić information content (AvgIpc) is 3.08. The summed E-state index contributed by atoms with van der Waals surface area (Å²) >= 11 is 0. The van der Waals surface area contributed by atoms with E-state index in [1.165, 1.54) is 6.07 Å². The molecule has 1 aliphatic rings. The van der Waals surface area contributed by atoms with Gasteiger partial charge in [0.2, 0.25) is 5.90 Å². The molecule has 0 aliphatic carbocycles. The van der Waals surface area contributed by atoms with E-state index < -0.39 is 23.1 Å². The molecule has 0 saturated carbocycles. The predicted octanol–water partition coefficient (Wildman–Crippen LogP) is 4.24. The fourth-order valence-corrected chi connectivity index (χ4v) is 2.84.